The lowest BCUT2D eigenvalue weighted by Gasteiger charge is -2.07. The van der Waals surface area contributed by atoms with Gasteiger partial charge in [-0.25, -0.2) is 0 Å². The lowest BCUT2D eigenvalue weighted by atomic mass is 10.2. The summed E-state index contributed by atoms with van der Waals surface area (Å²) in [6.07, 6.45) is 0. The Balaban J connectivity index is 2.41. The number of nitro groups is 2. The van der Waals surface area contributed by atoms with Crippen LogP contribution >= 0.6 is 23.2 Å². The van der Waals surface area contributed by atoms with Crippen LogP contribution in [0.5, 0.6) is 11.5 Å². The van der Waals surface area contributed by atoms with Crippen molar-refractivity contribution in [3.63, 3.8) is 0 Å². The molecule has 0 heterocycles. The van der Waals surface area contributed by atoms with Crippen molar-refractivity contribution < 1.29 is 14.6 Å². The number of nitrogens with zero attached hydrogens (tertiary/aromatic N) is 2. The molecule has 0 amide bonds. The molecule has 2 aromatic carbocycles. The summed E-state index contributed by atoms with van der Waals surface area (Å²) in [7, 11) is 0. The fourth-order valence-electron chi connectivity index (χ4n) is 1.52. The van der Waals surface area contributed by atoms with E-state index in [0.29, 0.717) is 5.02 Å². The average molecular weight is 329 g/mol. The standard InChI is InChI=1S/C12H6Cl2N2O5/c13-9-3-2-8(6-10(9)14)21-12-4-1-7(15(17)18)5-11(12)16(19)20/h1-6H. The number of non-ortho nitro benzene ring substituents is 1. The van der Waals surface area contributed by atoms with E-state index in [-0.39, 0.29) is 16.5 Å². The Morgan fingerprint density at radius 3 is 2.19 bits per heavy atom. The molecule has 9 heteroatoms. The summed E-state index contributed by atoms with van der Waals surface area (Å²) < 4.78 is 5.33. The normalized spacial score (nSPS) is 10.2. The first-order valence-electron chi connectivity index (χ1n) is 5.44. The lowest BCUT2D eigenvalue weighted by molar-refractivity contribution is -0.394. The minimum atomic E-state index is -0.764. The van der Waals surface area contributed by atoms with Gasteiger partial charge in [0.1, 0.15) is 5.75 Å². The van der Waals surface area contributed by atoms with Crippen LogP contribution in [-0.2, 0) is 0 Å². The van der Waals surface area contributed by atoms with Gasteiger partial charge in [-0.2, -0.15) is 0 Å². The summed E-state index contributed by atoms with van der Waals surface area (Å²) in [5.41, 5.74) is -0.918. The van der Waals surface area contributed by atoms with Crippen LogP contribution in [-0.4, -0.2) is 9.85 Å². The van der Waals surface area contributed by atoms with Crippen molar-refractivity contribution in [3.8, 4) is 11.5 Å². The van der Waals surface area contributed by atoms with E-state index < -0.39 is 21.2 Å². The highest BCUT2D eigenvalue weighted by Gasteiger charge is 2.21. The van der Waals surface area contributed by atoms with Crippen LogP contribution in [0.1, 0.15) is 0 Å². The van der Waals surface area contributed by atoms with E-state index in [1.54, 1.807) is 0 Å². The summed E-state index contributed by atoms with van der Waals surface area (Å²) in [5, 5.41) is 22.1. The molecular formula is C12H6Cl2N2O5. The van der Waals surface area contributed by atoms with Crippen molar-refractivity contribution in [2.24, 2.45) is 0 Å². The average Bonchev–Trinajstić information content (AvgIpc) is 2.43. The molecule has 0 saturated carbocycles. The van der Waals surface area contributed by atoms with Crippen LogP contribution < -0.4 is 4.74 Å². The number of halogens is 2. The van der Waals surface area contributed by atoms with Crippen LogP contribution in [0.15, 0.2) is 36.4 Å². The largest absolute Gasteiger partial charge is 0.450 e. The molecule has 0 bridgehead atoms. The number of hydrogen-bond donors (Lipinski definition) is 0. The summed E-state index contributed by atoms with van der Waals surface area (Å²) >= 11 is 11.6. The molecule has 7 nitrogen and oxygen atoms in total. The Morgan fingerprint density at radius 1 is 0.905 bits per heavy atom. The number of nitro benzene ring substituents is 2. The smallest absolute Gasteiger partial charge is 0.318 e. The highest BCUT2D eigenvalue weighted by molar-refractivity contribution is 6.42. The Morgan fingerprint density at radius 2 is 1.62 bits per heavy atom. The van der Waals surface area contributed by atoms with E-state index in [1.807, 2.05) is 0 Å². The minimum Gasteiger partial charge on any atom is -0.450 e. The van der Waals surface area contributed by atoms with Crippen molar-refractivity contribution in [2.45, 2.75) is 0 Å². The van der Waals surface area contributed by atoms with E-state index in [4.69, 9.17) is 27.9 Å². The van der Waals surface area contributed by atoms with Crippen molar-refractivity contribution in [1.82, 2.24) is 0 Å². The van der Waals surface area contributed by atoms with Crippen LogP contribution in [0, 0.1) is 20.2 Å². The zero-order valence-electron chi connectivity index (χ0n) is 10.2. The van der Waals surface area contributed by atoms with Gasteiger partial charge in [-0.15, -0.1) is 0 Å². The third-order valence-electron chi connectivity index (χ3n) is 2.47. The molecule has 21 heavy (non-hydrogen) atoms. The first kappa shape index (κ1) is 15.0. The Bertz CT molecular complexity index is 736. The molecule has 0 spiro atoms. The summed E-state index contributed by atoms with van der Waals surface area (Å²) in [6.45, 7) is 0. The molecule has 0 radical (unpaired) electrons. The Hall–Kier alpha value is -2.38. The maximum absolute atomic E-state index is 11.0. The van der Waals surface area contributed by atoms with Crippen molar-refractivity contribution in [1.29, 1.82) is 0 Å². The van der Waals surface area contributed by atoms with Crippen molar-refractivity contribution in [3.05, 3.63) is 66.7 Å². The second kappa shape index (κ2) is 5.94. The van der Waals surface area contributed by atoms with Gasteiger partial charge in [-0.1, -0.05) is 23.2 Å². The van der Waals surface area contributed by atoms with E-state index in [2.05, 4.69) is 0 Å². The predicted molar refractivity (Wildman–Crippen MR) is 76.3 cm³/mol. The van der Waals surface area contributed by atoms with Crippen LogP contribution in [0.2, 0.25) is 10.0 Å². The van der Waals surface area contributed by atoms with Crippen molar-refractivity contribution in [2.75, 3.05) is 0 Å². The van der Waals surface area contributed by atoms with Gasteiger partial charge in [0.15, 0.2) is 0 Å². The monoisotopic (exact) mass is 328 g/mol. The summed E-state index contributed by atoms with van der Waals surface area (Å²) in [5.74, 6) is 0.0883. The maximum atomic E-state index is 11.0. The number of benzene rings is 2. The van der Waals surface area contributed by atoms with Crippen LogP contribution in [0.25, 0.3) is 0 Å². The SMILES string of the molecule is O=[N+]([O-])c1ccc(Oc2ccc(Cl)c(Cl)c2)c([N+](=O)[O-])c1. The molecule has 2 aromatic rings. The number of rotatable bonds is 4. The first-order chi connectivity index (χ1) is 9.88. The zero-order valence-corrected chi connectivity index (χ0v) is 11.7. The molecule has 0 aliphatic carbocycles. The highest BCUT2D eigenvalue weighted by atomic mass is 35.5. The van der Waals surface area contributed by atoms with Gasteiger partial charge in [-0.3, -0.25) is 20.2 Å². The van der Waals surface area contributed by atoms with Gasteiger partial charge in [0.2, 0.25) is 5.75 Å². The molecule has 0 aliphatic heterocycles. The highest BCUT2D eigenvalue weighted by Crippen LogP contribution is 2.36. The summed E-state index contributed by atoms with van der Waals surface area (Å²) in [4.78, 5) is 20.1. The van der Waals surface area contributed by atoms with Gasteiger partial charge in [0, 0.05) is 12.1 Å². The topological polar surface area (TPSA) is 95.5 Å². The summed E-state index contributed by atoms with van der Waals surface area (Å²) in [6, 6.07) is 7.41. The van der Waals surface area contributed by atoms with Crippen LogP contribution in [0.4, 0.5) is 11.4 Å². The molecule has 0 aromatic heterocycles. The molecule has 2 rings (SSSR count). The van der Waals surface area contributed by atoms with Gasteiger partial charge in [0.25, 0.3) is 5.69 Å². The lowest BCUT2D eigenvalue weighted by Crippen LogP contribution is -1.96. The molecule has 0 atom stereocenters. The fourth-order valence-corrected chi connectivity index (χ4v) is 1.80. The zero-order chi connectivity index (χ0) is 15.6. The quantitative estimate of drug-likeness (QED) is 0.603. The van der Waals surface area contributed by atoms with Crippen molar-refractivity contribution >= 4 is 34.6 Å². The Kier molecular flexibility index (Phi) is 4.25. The second-order valence-corrected chi connectivity index (χ2v) is 4.66. The van der Waals surface area contributed by atoms with E-state index >= 15 is 0 Å². The van der Waals surface area contributed by atoms with Gasteiger partial charge in [0.05, 0.1) is 26.0 Å². The third kappa shape index (κ3) is 3.39. The second-order valence-electron chi connectivity index (χ2n) is 3.84. The molecule has 0 fully saturated rings. The van der Waals surface area contributed by atoms with Gasteiger partial charge in [-0.05, 0) is 18.2 Å². The number of ether oxygens (including phenoxy) is 1. The fraction of sp³-hybridized carbons (Fsp3) is 0. The molecular weight excluding hydrogens is 323 g/mol. The Labute approximate surface area is 128 Å². The number of hydrogen-bond acceptors (Lipinski definition) is 5. The van der Waals surface area contributed by atoms with Crippen LogP contribution in [0.3, 0.4) is 0 Å². The minimum absolute atomic E-state index is 0.135. The molecule has 0 saturated heterocycles. The predicted octanol–water partition coefficient (Wildman–Crippen LogP) is 4.60. The van der Waals surface area contributed by atoms with Gasteiger partial charge >= 0.3 is 5.69 Å². The van der Waals surface area contributed by atoms with E-state index in [1.165, 1.54) is 18.2 Å². The first-order valence-corrected chi connectivity index (χ1v) is 6.20. The third-order valence-corrected chi connectivity index (χ3v) is 3.21. The van der Waals surface area contributed by atoms with Gasteiger partial charge < -0.3 is 4.74 Å². The molecule has 0 aliphatic rings. The molecule has 108 valence electrons. The molecule has 0 unspecified atom stereocenters. The van der Waals surface area contributed by atoms with E-state index in [0.717, 1.165) is 18.2 Å². The van der Waals surface area contributed by atoms with E-state index in [9.17, 15) is 20.2 Å². The molecule has 0 N–H and O–H groups in total. The maximum Gasteiger partial charge on any atom is 0.318 e.